The van der Waals surface area contributed by atoms with E-state index in [2.05, 4.69) is 10.3 Å². The number of rotatable bonds is 5. The van der Waals surface area contributed by atoms with Crippen LogP contribution in [0.25, 0.3) is 0 Å². The van der Waals surface area contributed by atoms with E-state index in [1.54, 1.807) is 18.3 Å². The molecule has 3 aromatic rings. The van der Waals surface area contributed by atoms with Crippen LogP contribution in [0, 0.1) is 5.82 Å². The number of thiazole rings is 1. The molecular weight excluding hydrogens is 351 g/mol. The summed E-state index contributed by atoms with van der Waals surface area (Å²) in [4.78, 5) is 16.1. The molecule has 1 aromatic heterocycles. The third kappa shape index (κ3) is 4.10. The van der Waals surface area contributed by atoms with E-state index < -0.39 is 5.82 Å². The Morgan fingerprint density at radius 2 is 2.04 bits per heavy atom. The van der Waals surface area contributed by atoms with Crippen molar-refractivity contribution in [2.24, 2.45) is 0 Å². The second-order valence-electron chi connectivity index (χ2n) is 4.85. The Hall–Kier alpha value is -2.44. The van der Waals surface area contributed by atoms with Gasteiger partial charge in [0.05, 0.1) is 10.6 Å². The van der Waals surface area contributed by atoms with Crippen LogP contribution in [-0.2, 0) is 6.54 Å². The molecule has 0 atom stereocenters. The van der Waals surface area contributed by atoms with Crippen LogP contribution in [0.15, 0.2) is 54.0 Å². The Labute approximate surface area is 146 Å². The Morgan fingerprint density at radius 3 is 2.71 bits per heavy atom. The van der Waals surface area contributed by atoms with Gasteiger partial charge in [-0.1, -0.05) is 35.1 Å². The highest BCUT2D eigenvalue weighted by Gasteiger charge is 2.10. The zero-order chi connectivity index (χ0) is 16.9. The molecule has 0 aliphatic carbocycles. The molecule has 0 saturated carbocycles. The SMILES string of the molecule is O=C(NCc1ccc(Oc2nccs2)cc1)c1ccc(F)cc1Cl. The van der Waals surface area contributed by atoms with Gasteiger partial charge < -0.3 is 10.1 Å². The van der Waals surface area contributed by atoms with Crippen LogP contribution in [0.5, 0.6) is 10.9 Å². The fourth-order valence-electron chi connectivity index (χ4n) is 1.99. The number of hydrogen-bond acceptors (Lipinski definition) is 4. The van der Waals surface area contributed by atoms with Gasteiger partial charge in [0.15, 0.2) is 0 Å². The number of amides is 1. The molecule has 0 fully saturated rings. The van der Waals surface area contributed by atoms with Gasteiger partial charge in [-0.3, -0.25) is 4.79 Å². The van der Waals surface area contributed by atoms with Crippen molar-refractivity contribution in [3.05, 3.63) is 76.0 Å². The molecule has 0 spiro atoms. The maximum absolute atomic E-state index is 13.0. The number of carbonyl (C=O) groups excluding carboxylic acids is 1. The lowest BCUT2D eigenvalue weighted by Crippen LogP contribution is -2.23. The number of halogens is 2. The number of carbonyl (C=O) groups is 1. The predicted molar refractivity (Wildman–Crippen MR) is 91.2 cm³/mol. The average molecular weight is 363 g/mol. The van der Waals surface area contributed by atoms with Gasteiger partial charge in [0, 0.05) is 18.1 Å². The first-order valence-electron chi connectivity index (χ1n) is 7.01. The molecule has 0 bridgehead atoms. The van der Waals surface area contributed by atoms with Crippen LogP contribution in [0.4, 0.5) is 4.39 Å². The molecule has 1 amide bonds. The summed E-state index contributed by atoms with van der Waals surface area (Å²) in [7, 11) is 0. The Morgan fingerprint density at radius 1 is 1.25 bits per heavy atom. The summed E-state index contributed by atoms with van der Waals surface area (Å²) in [6.45, 7) is 0.323. The smallest absolute Gasteiger partial charge is 0.278 e. The highest BCUT2D eigenvalue weighted by molar-refractivity contribution is 7.11. The van der Waals surface area contributed by atoms with E-state index in [0.717, 1.165) is 11.6 Å². The number of aromatic nitrogens is 1. The molecule has 122 valence electrons. The third-order valence-electron chi connectivity index (χ3n) is 3.17. The Bertz CT molecular complexity index is 838. The summed E-state index contributed by atoms with van der Waals surface area (Å²) in [6.07, 6.45) is 1.67. The number of nitrogens with one attached hydrogen (secondary N) is 1. The van der Waals surface area contributed by atoms with E-state index >= 15 is 0 Å². The Kier molecular flexibility index (Phi) is 5.08. The quantitative estimate of drug-likeness (QED) is 0.718. The summed E-state index contributed by atoms with van der Waals surface area (Å²) in [5, 5.41) is 5.23. The van der Waals surface area contributed by atoms with E-state index in [1.807, 2.05) is 17.5 Å². The molecular formula is C17H12ClFN2O2S. The highest BCUT2D eigenvalue weighted by atomic mass is 35.5. The van der Waals surface area contributed by atoms with Crippen LogP contribution in [-0.4, -0.2) is 10.9 Å². The van der Waals surface area contributed by atoms with E-state index in [0.29, 0.717) is 17.5 Å². The molecule has 24 heavy (non-hydrogen) atoms. The summed E-state index contributed by atoms with van der Waals surface area (Å²) in [5.74, 6) is -0.169. The van der Waals surface area contributed by atoms with E-state index in [-0.39, 0.29) is 16.5 Å². The fraction of sp³-hybridized carbons (Fsp3) is 0.0588. The van der Waals surface area contributed by atoms with Gasteiger partial charge in [0.25, 0.3) is 11.1 Å². The lowest BCUT2D eigenvalue weighted by molar-refractivity contribution is 0.0951. The van der Waals surface area contributed by atoms with Crippen LogP contribution < -0.4 is 10.1 Å². The number of benzene rings is 2. The van der Waals surface area contributed by atoms with Gasteiger partial charge in [-0.15, -0.1) is 0 Å². The minimum atomic E-state index is -0.479. The molecule has 4 nitrogen and oxygen atoms in total. The van der Waals surface area contributed by atoms with Crippen molar-refractivity contribution in [1.29, 1.82) is 0 Å². The summed E-state index contributed by atoms with van der Waals surface area (Å²) < 4.78 is 18.6. The maximum Gasteiger partial charge on any atom is 0.278 e. The van der Waals surface area contributed by atoms with Crippen molar-refractivity contribution in [2.45, 2.75) is 6.54 Å². The van der Waals surface area contributed by atoms with E-state index in [4.69, 9.17) is 16.3 Å². The number of ether oxygens (including phenoxy) is 1. The van der Waals surface area contributed by atoms with Gasteiger partial charge in [-0.2, -0.15) is 0 Å². The normalized spacial score (nSPS) is 10.4. The van der Waals surface area contributed by atoms with Crippen molar-refractivity contribution in [3.8, 4) is 10.9 Å². The lowest BCUT2D eigenvalue weighted by atomic mass is 10.2. The van der Waals surface area contributed by atoms with Crippen LogP contribution >= 0.6 is 22.9 Å². The van der Waals surface area contributed by atoms with Crippen molar-refractivity contribution in [1.82, 2.24) is 10.3 Å². The fourth-order valence-corrected chi connectivity index (χ4v) is 2.75. The topological polar surface area (TPSA) is 51.2 Å². The molecule has 0 saturated heterocycles. The molecule has 0 radical (unpaired) electrons. The van der Waals surface area contributed by atoms with Crippen LogP contribution in [0.3, 0.4) is 0 Å². The minimum absolute atomic E-state index is 0.0831. The summed E-state index contributed by atoms with van der Waals surface area (Å²) in [6, 6.07) is 11.0. The van der Waals surface area contributed by atoms with Crippen molar-refractivity contribution in [2.75, 3.05) is 0 Å². The molecule has 2 aromatic carbocycles. The van der Waals surface area contributed by atoms with Gasteiger partial charge in [0.1, 0.15) is 11.6 Å². The monoisotopic (exact) mass is 362 g/mol. The van der Waals surface area contributed by atoms with E-state index in [9.17, 15) is 9.18 Å². The molecule has 0 unspecified atom stereocenters. The minimum Gasteiger partial charge on any atom is -0.431 e. The van der Waals surface area contributed by atoms with Crippen molar-refractivity contribution < 1.29 is 13.9 Å². The number of hydrogen-bond donors (Lipinski definition) is 1. The second-order valence-corrected chi connectivity index (χ2v) is 6.12. The zero-order valence-corrected chi connectivity index (χ0v) is 13.9. The molecule has 1 heterocycles. The molecule has 3 rings (SSSR count). The molecule has 0 aliphatic rings. The first-order valence-corrected chi connectivity index (χ1v) is 8.27. The van der Waals surface area contributed by atoms with Crippen LogP contribution in [0.1, 0.15) is 15.9 Å². The predicted octanol–water partition coefficient (Wildman–Crippen LogP) is 4.66. The van der Waals surface area contributed by atoms with E-state index in [1.165, 1.54) is 23.5 Å². The summed E-state index contributed by atoms with van der Waals surface area (Å²) >= 11 is 7.28. The first kappa shape index (κ1) is 16.4. The van der Waals surface area contributed by atoms with Crippen LogP contribution in [0.2, 0.25) is 5.02 Å². The zero-order valence-electron chi connectivity index (χ0n) is 12.3. The number of nitrogens with zero attached hydrogens (tertiary/aromatic N) is 1. The van der Waals surface area contributed by atoms with Gasteiger partial charge in [-0.05, 0) is 35.9 Å². The largest absolute Gasteiger partial charge is 0.431 e. The Balaban J connectivity index is 1.59. The highest BCUT2D eigenvalue weighted by Crippen LogP contribution is 2.23. The molecule has 7 heteroatoms. The average Bonchev–Trinajstić information content (AvgIpc) is 3.07. The maximum atomic E-state index is 13.0. The third-order valence-corrected chi connectivity index (χ3v) is 4.13. The first-order chi connectivity index (χ1) is 11.6. The lowest BCUT2D eigenvalue weighted by Gasteiger charge is -2.08. The van der Waals surface area contributed by atoms with Gasteiger partial charge in [0.2, 0.25) is 0 Å². The van der Waals surface area contributed by atoms with Crippen molar-refractivity contribution in [3.63, 3.8) is 0 Å². The summed E-state index contributed by atoms with van der Waals surface area (Å²) in [5.41, 5.74) is 1.13. The standard InChI is InChI=1S/C17H12ClFN2O2S/c18-15-9-12(19)3-6-14(15)16(22)21-10-11-1-4-13(5-2-11)23-17-20-7-8-24-17/h1-9H,10H2,(H,21,22). The van der Waals surface area contributed by atoms with Crippen molar-refractivity contribution >= 4 is 28.8 Å². The second kappa shape index (κ2) is 7.42. The molecule has 1 N–H and O–H groups in total. The molecule has 0 aliphatic heterocycles. The van der Waals surface area contributed by atoms with Gasteiger partial charge >= 0.3 is 0 Å². The van der Waals surface area contributed by atoms with Gasteiger partial charge in [-0.25, -0.2) is 9.37 Å².